The molecule has 1 saturated heterocycles. The van der Waals surface area contributed by atoms with Gasteiger partial charge in [0.15, 0.2) is 5.78 Å². The number of carbonyl (C=O) groups excluding carboxylic acids is 2. The summed E-state index contributed by atoms with van der Waals surface area (Å²) in [6.07, 6.45) is 1.41. The molecule has 8 heteroatoms. The molecule has 0 saturated carbocycles. The summed E-state index contributed by atoms with van der Waals surface area (Å²) in [6.45, 7) is 10.8. The first-order chi connectivity index (χ1) is 18.6. The van der Waals surface area contributed by atoms with Gasteiger partial charge in [0, 0.05) is 49.7 Å². The third-order valence-corrected chi connectivity index (χ3v) is 6.53. The summed E-state index contributed by atoms with van der Waals surface area (Å²) in [5, 5.41) is 12.3. The Hall–Kier alpha value is -4.22. The van der Waals surface area contributed by atoms with E-state index < -0.39 is 5.60 Å². The van der Waals surface area contributed by atoms with E-state index in [4.69, 9.17) is 10.00 Å². The average Bonchev–Trinajstić information content (AvgIpc) is 2.91. The summed E-state index contributed by atoms with van der Waals surface area (Å²) in [7, 11) is 0. The highest BCUT2D eigenvalue weighted by Gasteiger charge is 2.30. The third kappa shape index (κ3) is 7.65. The zero-order valence-electron chi connectivity index (χ0n) is 23.0. The van der Waals surface area contributed by atoms with Gasteiger partial charge in [0.1, 0.15) is 11.3 Å². The number of carbonyl (C=O) groups is 2. The fourth-order valence-corrected chi connectivity index (χ4v) is 4.53. The van der Waals surface area contributed by atoms with Crippen molar-refractivity contribution in [2.24, 2.45) is 0 Å². The van der Waals surface area contributed by atoms with Crippen LogP contribution in [-0.2, 0) is 11.3 Å². The first kappa shape index (κ1) is 27.8. The normalized spacial score (nSPS) is 15.9. The minimum absolute atomic E-state index is 0.0749. The number of rotatable bonds is 7. The number of hydrogen-bond donors (Lipinski definition) is 1. The summed E-state index contributed by atoms with van der Waals surface area (Å²) in [4.78, 5) is 33.6. The number of hydrogen-bond acceptors (Lipinski definition) is 7. The van der Waals surface area contributed by atoms with E-state index in [2.05, 4.69) is 40.3 Å². The van der Waals surface area contributed by atoms with Crippen LogP contribution in [0.5, 0.6) is 0 Å². The van der Waals surface area contributed by atoms with Crippen molar-refractivity contribution in [3.05, 3.63) is 83.7 Å². The largest absolute Gasteiger partial charge is 0.444 e. The maximum absolute atomic E-state index is 12.7. The molecule has 1 fully saturated rings. The van der Waals surface area contributed by atoms with E-state index in [0.717, 1.165) is 36.4 Å². The highest BCUT2D eigenvalue weighted by molar-refractivity contribution is 5.97. The number of benzene rings is 2. The Bertz CT molecular complexity index is 1340. The van der Waals surface area contributed by atoms with Gasteiger partial charge in [-0.3, -0.25) is 14.7 Å². The number of pyridine rings is 1. The second-order valence-corrected chi connectivity index (χ2v) is 10.9. The molecule has 1 aliphatic rings. The van der Waals surface area contributed by atoms with Crippen LogP contribution >= 0.6 is 0 Å². The number of Topliss-reactive ketones (excluding diaryl/α,β-unsaturated/α-hetero) is 1. The molecule has 0 aliphatic carbocycles. The standard InChI is InChI=1S/C31H35N5O3/c1-22-20-35(14-15-36(22)30(38)39-31(2,3)4)21-23-8-11-27(12-9-23)33-19-29(37)28-13-10-26(18-34-28)25-7-5-6-24(16-25)17-32/h5-13,16,18,22,33H,14-15,19-21H2,1-4H3/t22-/m0/s1. The topological polar surface area (TPSA) is 98.6 Å². The molecule has 1 aromatic heterocycles. The van der Waals surface area contributed by atoms with Crippen molar-refractivity contribution < 1.29 is 14.3 Å². The van der Waals surface area contributed by atoms with Gasteiger partial charge in [-0.25, -0.2) is 4.79 Å². The van der Waals surface area contributed by atoms with Gasteiger partial charge >= 0.3 is 6.09 Å². The Morgan fingerprint density at radius 2 is 1.85 bits per heavy atom. The number of ketones is 1. The Morgan fingerprint density at radius 1 is 1.08 bits per heavy atom. The van der Waals surface area contributed by atoms with E-state index in [0.29, 0.717) is 17.8 Å². The molecular formula is C31H35N5O3. The van der Waals surface area contributed by atoms with Crippen LogP contribution in [-0.4, -0.2) is 64.5 Å². The van der Waals surface area contributed by atoms with Crippen LogP contribution in [0.15, 0.2) is 66.9 Å². The molecule has 0 unspecified atom stereocenters. The SMILES string of the molecule is C[C@H]1CN(Cc2ccc(NCC(=O)c3ccc(-c4cccc(C#N)c4)cn3)cc2)CCN1C(=O)OC(C)(C)C. The lowest BCUT2D eigenvalue weighted by Crippen LogP contribution is -2.54. The zero-order chi connectivity index (χ0) is 28.0. The molecule has 0 spiro atoms. The molecule has 202 valence electrons. The van der Waals surface area contributed by atoms with E-state index in [9.17, 15) is 9.59 Å². The molecule has 1 N–H and O–H groups in total. The summed E-state index contributed by atoms with van der Waals surface area (Å²) in [5.74, 6) is -0.103. The van der Waals surface area contributed by atoms with Gasteiger partial charge < -0.3 is 15.0 Å². The number of aromatic nitrogens is 1. The number of anilines is 1. The first-order valence-corrected chi connectivity index (χ1v) is 13.2. The van der Waals surface area contributed by atoms with Crippen LogP contribution in [0.1, 0.15) is 49.3 Å². The summed E-state index contributed by atoms with van der Waals surface area (Å²) < 4.78 is 5.54. The monoisotopic (exact) mass is 525 g/mol. The van der Waals surface area contributed by atoms with Crippen LogP contribution in [0.2, 0.25) is 0 Å². The van der Waals surface area contributed by atoms with Crippen LogP contribution in [0.4, 0.5) is 10.5 Å². The van der Waals surface area contributed by atoms with Crippen molar-refractivity contribution in [1.29, 1.82) is 5.26 Å². The fraction of sp³-hybridized carbons (Fsp3) is 0.355. The van der Waals surface area contributed by atoms with Gasteiger partial charge in [-0.15, -0.1) is 0 Å². The number of nitriles is 1. The summed E-state index contributed by atoms with van der Waals surface area (Å²) in [6, 6.07) is 21.1. The van der Waals surface area contributed by atoms with Crippen molar-refractivity contribution in [3.63, 3.8) is 0 Å². The van der Waals surface area contributed by atoms with E-state index in [-0.39, 0.29) is 24.5 Å². The van der Waals surface area contributed by atoms with E-state index in [1.807, 2.05) is 51.1 Å². The van der Waals surface area contributed by atoms with Crippen LogP contribution in [0.3, 0.4) is 0 Å². The third-order valence-electron chi connectivity index (χ3n) is 6.53. The number of nitrogens with zero attached hydrogens (tertiary/aromatic N) is 4. The summed E-state index contributed by atoms with van der Waals surface area (Å²) >= 11 is 0. The number of ether oxygens (including phenoxy) is 1. The van der Waals surface area contributed by atoms with E-state index in [1.165, 1.54) is 5.56 Å². The van der Waals surface area contributed by atoms with E-state index in [1.54, 1.807) is 29.3 Å². The van der Waals surface area contributed by atoms with Gasteiger partial charge in [-0.1, -0.05) is 30.3 Å². The number of nitrogens with one attached hydrogen (secondary N) is 1. The average molecular weight is 526 g/mol. The molecule has 2 aromatic carbocycles. The van der Waals surface area contributed by atoms with Gasteiger partial charge in [0.05, 0.1) is 18.2 Å². The predicted molar refractivity (Wildman–Crippen MR) is 151 cm³/mol. The minimum atomic E-state index is -0.498. The number of piperazine rings is 1. The molecule has 39 heavy (non-hydrogen) atoms. The first-order valence-electron chi connectivity index (χ1n) is 13.2. The molecule has 3 aromatic rings. The summed E-state index contributed by atoms with van der Waals surface area (Å²) in [5.41, 5.74) is 4.24. The van der Waals surface area contributed by atoms with Crippen molar-refractivity contribution in [1.82, 2.24) is 14.8 Å². The minimum Gasteiger partial charge on any atom is -0.444 e. The smallest absolute Gasteiger partial charge is 0.410 e. The second-order valence-electron chi connectivity index (χ2n) is 10.9. The highest BCUT2D eigenvalue weighted by atomic mass is 16.6. The molecule has 2 heterocycles. The molecule has 4 rings (SSSR count). The van der Waals surface area contributed by atoms with Crippen LogP contribution in [0.25, 0.3) is 11.1 Å². The van der Waals surface area contributed by atoms with Gasteiger partial charge in [0.25, 0.3) is 0 Å². The maximum Gasteiger partial charge on any atom is 0.410 e. The molecule has 1 aliphatic heterocycles. The van der Waals surface area contributed by atoms with Crippen molar-refractivity contribution >= 4 is 17.6 Å². The Balaban J connectivity index is 1.25. The fourth-order valence-electron chi connectivity index (χ4n) is 4.53. The van der Waals surface area contributed by atoms with Gasteiger partial charge in [0.2, 0.25) is 0 Å². The Labute approximate surface area is 230 Å². The van der Waals surface area contributed by atoms with Crippen LogP contribution < -0.4 is 5.32 Å². The molecule has 1 amide bonds. The molecule has 1 atom stereocenters. The lowest BCUT2D eigenvalue weighted by atomic mass is 10.0. The lowest BCUT2D eigenvalue weighted by molar-refractivity contribution is 0.000552. The maximum atomic E-state index is 12.7. The molecule has 0 bridgehead atoms. The highest BCUT2D eigenvalue weighted by Crippen LogP contribution is 2.21. The number of amides is 1. The van der Waals surface area contributed by atoms with Crippen molar-refractivity contribution in [3.8, 4) is 17.2 Å². The zero-order valence-corrected chi connectivity index (χ0v) is 23.0. The Kier molecular flexibility index (Phi) is 8.62. The van der Waals surface area contributed by atoms with E-state index >= 15 is 0 Å². The Morgan fingerprint density at radius 3 is 2.49 bits per heavy atom. The molecular weight excluding hydrogens is 490 g/mol. The van der Waals surface area contributed by atoms with Crippen molar-refractivity contribution in [2.45, 2.75) is 45.9 Å². The lowest BCUT2D eigenvalue weighted by Gasteiger charge is -2.40. The molecule has 0 radical (unpaired) electrons. The van der Waals surface area contributed by atoms with Crippen LogP contribution in [0, 0.1) is 11.3 Å². The van der Waals surface area contributed by atoms with Gasteiger partial charge in [-0.2, -0.15) is 5.26 Å². The predicted octanol–water partition coefficient (Wildman–Crippen LogP) is 5.36. The molecule has 8 nitrogen and oxygen atoms in total. The van der Waals surface area contributed by atoms with Crippen molar-refractivity contribution in [2.75, 3.05) is 31.5 Å². The quantitative estimate of drug-likeness (QED) is 0.415. The second kappa shape index (κ2) is 12.1. The van der Waals surface area contributed by atoms with Gasteiger partial charge in [-0.05, 0) is 69.2 Å².